The van der Waals surface area contributed by atoms with Gasteiger partial charge in [0.15, 0.2) is 0 Å². The summed E-state index contributed by atoms with van der Waals surface area (Å²) in [5.41, 5.74) is 6.61. The molecule has 1 aromatic carbocycles. The molecule has 39 heavy (non-hydrogen) atoms. The van der Waals surface area contributed by atoms with Crippen LogP contribution in [0.5, 0.6) is 0 Å². The van der Waals surface area contributed by atoms with Gasteiger partial charge in [-0.25, -0.2) is 4.98 Å². The van der Waals surface area contributed by atoms with Crippen LogP contribution < -0.4 is 21.5 Å². The average Bonchev–Trinajstić information content (AvgIpc) is 2.89. The Morgan fingerprint density at radius 1 is 1.00 bits per heavy atom. The minimum Gasteiger partial charge on any atom is -0.345 e. The van der Waals surface area contributed by atoms with Crippen molar-refractivity contribution in [3.63, 3.8) is 0 Å². The number of rotatable bonds is 6. The molecule has 2 amide bonds. The number of hydrogen-bond donors (Lipinski definition) is 2. The van der Waals surface area contributed by atoms with Crippen molar-refractivity contribution in [2.24, 2.45) is 5.73 Å². The van der Waals surface area contributed by atoms with E-state index in [1.165, 1.54) is 37.0 Å². The number of amides is 2. The van der Waals surface area contributed by atoms with Gasteiger partial charge in [-0.15, -0.1) is 0 Å². The summed E-state index contributed by atoms with van der Waals surface area (Å²) in [5.74, 6) is -0.300. The van der Waals surface area contributed by atoms with Gasteiger partial charge in [0.05, 0.1) is 11.0 Å². The minimum absolute atomic E-state index is 0.0301. The van der Waals surface area contributed by atoms with Gasteiger partial charge in [0.25, 0.3) is 11.5 Å². The van der Waals surface area contributed by atoms with Crippen LogP contribution >= 0.6 is 0 Å². The van der Waals surface area contributed by atoms with Crippen molar-refractivity contribution in [2.75, 3.05) is 11.9 Å². The van der Waals surface area contributed by atoms with Crippen molar-refractivity contribution >= 4 is 29.2 Å². The number of benzene rings is 1. The Labute approximate surface area is 231 Å². The molecule has 3 heterocycles. The lowest BCUT2D eigenvalue weighted by Gasteiger charge is -2.53. The van der Waals surface area contributed by atoms with Gasteiger partial charge in [0.2, 0.25) is 12.2 Å². The van der Waals surface area contributed by atoms with Gasteiger partial charge in [0.1, 0.15) is 5.54 Å². The smallest absolute Gasteiger partial charge is 0.294 e. The molecule has 9 heteroatoms. The Balaban J connectivity index is 1.50. The molecule has 0 radical (unpaired) electrons. The maximum Gasteiger partial charge on any atom is 0.294 e. The molecule has 3 aliphatic rings. The van der Waals surface area contributed by atoms with E-state index < -0.39 is 11.4 Å². The summed E-state index contributed by atoms with van der Waals surface area (Å²) in [6.45, 7) is 3.25. The molecule has 1 aromatic heterocycles. The van der Waals surface area contributed by atoms with E-state index >= 15 is 0 Å². The maximum atomic E-state index is 14.1. The number of nitrogens with two attached hydrogens (primary N) is 1. The van der Waals surface area contributed by atoms with Crippen molar-refractivity contribution in [1.82, 2.24) is 19.8 Å². The van der Waals surface area contributed by atoms with Crippen LogP contribution in [0.15, 0.2) is 29.1 Å². The molecule has 0 spiro atoms. The van der Waals surface area contributed by atoms with E-state index in [2.05, 4.69) is 15.2 Å². The van der Waals surface area contributed by atoms with E-state index in [0.717, 1.165) is 44.0 Å². The first kappa shape index (κ1) is 27.8. The van der Waals surface area contributed by atoms with Gasteiger partial charge in [-0.05, 0) is 70.9 Å². The summed E-state index contributed by atoms with van der Waals surface area (Å²) in [4.78, 5) is 47.3. The van der Waals surface area contributed by atoms with E-state index in [9.17, 15) is 14.4 Å². The number of hydrogen-bond acceptors (Lipinski definition) is 6. The number of fused-ring (bicyclic) bond motifs is 3. The molecular weight excluding hydrogens is 492 g/mol. The Morgan fingerprint density at radius 2 is 1.64 bits per heavy atom. The standard InChI is InChI=1S/C30H44N6O3/c1-30(2,32-19-37)29(39)34(3)27-28(38)36(26-15-8-7-14-25(26)33-27)24-17-22-12-9-13-23(18-24)35(22)21-11-6-4-5-10-20(31)16-21/h7-8,14-15,19-24H,4-6,9-13,16-18,31H2,1-3H3,(H,32,37)/t20?,21-,22?,23?,24?/m0/s1. The van der Waals surface area contributed by atoms with Gasteiger partial charge in [-0.1, -0.05) is 37.8 Å². The average molecular weight is 537 g/mol. The highest BCUT2D eigenvalue weighted by Gasteiger charge is 2.43. The van der Waals surface area contributed by atoms with Crippen LogP contribution in [0.4, 0.5) is 5.82 Å². The van der Waals surface area contributed by atoms with Crippen molar-refractivity contribution in [3.05, 3.63) is 34.6 Å². The van der Waals surface area contributed by atoms with Gasteiger partial charge < -0.3 is 15.6 Å². The second kappa shape index (κ2) is 11.4. The van der Waals surface area contributed by atoms with Gasteiger partial charge in [-0.3, -0.25) is 24.2 Å². The third-order valence-electron chi connectivity index (χ3n) is 9.33. The Hall–Kier alpha value is -2.78. The fraction of sp³-hybridized carbons (Fsp3) is 0.667. The van der Waals surface area contributed by atoms with E-state index in [0.29, 0.717) is 30.1 Å². The molecule has 3 fully saturated rings. The predicted octanol–water partition coefficient (Wildman–Crippen LogP) is 3.49. The molecule has 9 nitrogen and oxygen atoms in total. The lowest BCUT2D eigenvalue weighted by Crippen LogP contribution is -2.58. The summed E-state index contributed by atoms with van der Waals surface area (Å²) in [5, 5.41) is 2.56. The van der Waals surface area contributed by atoms with Crippen LogP contribution in [0, 0.1) is 0 Å². The molecule has 4 atom stereocenters. The molecule has 2 aromatic rings. The highest BCUT2D eigenvalue weighted by molar-refractivity contribution is 6.00. The monoisotopic (exact) mass is 536 g/mol. The third-order valence-corrected chi connectivity index (χ3v) is 9.33. The molecule has 3 N–H and O–H groups in total. The van der Waals surface area contributed by atoms with Gasteiger partial charge >= 0.3 is 0 Å². The van der Waals surface area contributed by atoms with Crippen LogP contribution in [-0.4, -0.2) is 63.5 Å². The molecular formula is C30H44N6O3. The summed E-state index contributed by atoms with van der Waals surface area (Å²) < 4.78 is 1.91. The van der Waals surface area contributed by atoms with Crippen LogP contribution in [0.2, 0.25) is 0 Å². The number of aromatic nitrogens is 2. The Morgan fingerprint density at radius 3 is 2.36 bits per heavy atom. The second-order valence-electron chi connectivity index (χ2n) is 12.4. The largest absolute Gasteiger partial charge is 0.345 e. The molecule has 1 aliphatic carbocycles. The first-order valence-corrected chi connectivity index (χ1v) is 14.7. The number of likely N-dealkylation sites (N-methyl/N-ethyl adjacent to an activating group) is 1. The van der Waals surface area contributed by atoms with E-state index in [1.807, 2.05) is 28.8 Å². The number of anilines is 1. The first-order chi connectivity index (χ1) is 18.7. The zero-order valence-corrected chi connectivity index (χ0v) is 23.6. The number of para-hydroxylation sites is 2. The fourth-order valence-corrected chi connectivity index (χ4v) is 7.46. The fourth-order valence-electron chi connectivity index (χ4n) is 7.46. The highest BCUT2D eigenvalue weighted by atomic mass is 16.2. The quantitative estimate of drug-likeness (QED) is 0.547. The van der Waals surface area contributed by atoms with Crippen molar-refractivity contribution in [3.8, 4) is 0 Å². The summed E-state index contributed by atoms with van der Waals surface area (Å²) in [7, 11) is 1.56. The number of nitrogens with zero attached hydrogens (tertiary/aromatic N) is 4. The normalized spacial score (nSPS) is 28.4. The third kappa shape index (κ3) is 5.48. The molecule has 212 valence electrons. The number of nitrogens with one attached hydrogen (secondary N) is 1. The van der Waals surface area contributed by atoms with Crippen LogP contribution in [0.3, 0.4) is 0 Å². The number of carbonyl (C=O) groups excluding carboxylic acids is 2. The highest BCUT2D eigenvalue weighted by Crippen LogP contribution is 2.42. The van der Waals surface area contributed by atoms with Crippen molar-refractivity contribution < 1.29 is 9.59 Å². The minimum atomic E-state index is -1.16. The summed E-state index contributed by atoms with van der Waals surface area (Å²) in [6.07, 6.45) is 13.0. The maximum absolute atomic E-state index is 14.1. The Bertz CT molecular complexity index is 1240. The predicted molar refractivity (Wildman–Crippen MR) is 154 cm³/mol. The van der Waals surface area contributed by atoms with Crippen LogP contribution in [0.25, 0.3) is 11.0 Å². The molecule has 3 unspecified atom stereocenters. The van der Waals surface area contributed by atoms with Gasteiger partial charge in [0, 0.05) is 37.3 Å². The van der Waals surface area contributed by atoms with Gasteiger partial charge in [-0.2, -0.15) is 0 Å². The molecule has 2 saturated heterocycles. The van der Waals surface area contributed by atoms with Crippen molar-refractivity contribution in [1.29, 1.82) is 0 Å². The van der Waals surface area contributed by atoms with Crippen LogP contribution in [0.1, 0.15) is 90.5 Å². The molecule has 5 rings (SSSR count). The summed E-state index contributed by atoms with van der Waals surface area (Å²) >= 11 is 0. The second-order valence-corrected chi connectivity index (χ2v) is 12.4. The number of carbonyl (C=O) groups is 2. The molecule has 2 bridgehead atoms. The summed E-state index contributed by atoms with van der Waals surface area (Å²) in [6, 6.07) is 9.39. The topological polar surface area (TPSA) is 114 Å². The lowest BCUT2D eigenvalue weighted by atomic mass is 9.78. The zero-order valence-electron chi connectivity index (χ0n) is 23.6. The van der Waals surface area contributed by atoms with Crippen LogP contribution in [-0.2, 0) is 9.59 Å². The van der Waals surface area contributed by atoms with Crippen molar-refractivity contribution in [2.45, 2.75) is 120 Å². The lowest BCUT2D eigenvalue weighted by molar-refractivity contribution is -0.126. The number of piperidine rings is 2. The first-order valence-electron chi connectivity index (χ1n) is 14.7. The zero-order chi connectivity index (χ0) is 27.7. The molecule has 1 saturated carbocycles. The SMILES string of the molecule is CN(C(=O)C(C)(C)NC=O)c1nc2ccccc2n(C2CC3CCCC(C2)N3[C@H]2CCCCCC(N)C2)c1=O. The van der Waals surface area contributed by atoms with E-state index in [4.69, 9.17) is 5.73 Å². The molecule has 2 aliphatic heterocycles. The Kier molecular flexibility index (Phi) is 8.10. The van der Waals surface area contributed by atoms with E-state index in [-0.39, 0.29) is 23.5 Å². The van der Waals surface area contributed by atoms with E-state index in [1.54, 1.807) is 20.9 Å².